The molecule has 4 fully saturated rings. The zero-order chi connectivity index (χ0) is 19.4. The Hall–Kier alpha value is -2.24. The number of benzene rings is 2. The van der Waals surface area contributed by atoms with Gasteiger partial charge in [-0.1, -0.05) is 12.1 Å². The lowest BCUT2D eigenvalue weighted by Crippen LogP contribution is -2.73. The first-order chi connectivity index (χ1) is 13.3. The number of halogens is 4. The van der Waals surface area contributed by atoms with Crippen molar-refractivity contribution in [2.45, 2.75) is 48.9 Å². The van der Waals surface area contributed by atoms with Crippen molar-refractivity contribution in [3.05, 3.63) is 59.2 Å². The molecule has 1 heterocycles. The second kappa shape index (κ2) is 4.84. The molecule has 2 aromatic carbocycles. The van der Waals surface area contributed by atoms with Gasteiger partial charge in [0.05, 0.1) is 5.41 Å². The summed E-state index contributed by atoms with van der Waals surface area (Å²) in [6.07, 6.45) is 1.63. The van der Waals surface area contributed by atoms with E-state index in [0.717, 1.165) is 11.6 Å². The Labute approximate surface area is 159 Å². The lowest BCUT2D eigenvalue weighted by Gasteiger charge is -2.74. The van der Waals surface area contributed by atoms with Crippen LogP contribution in [-0.2, 0) is 10.8 Å². The zero-order valence-electron chi connectivity index (χ0n) is 15.0. The molecular formula is C22H18F4O2. The van der Waals surface area contributed by atoms with Crippen molar-refractivity contribution >= 4 is 0 Å². The molecule has 6 heteroatoms. The van der Waals surface area contributed by atoms with Crippen molar-refractivity contribution in [1.82, 2.24) is 0 Å². The van der Waals surface area contributed by atoms with E-state index in [1.807, 2.05) is 18.2 Å². The summed E-state index contributed by atoms with van der Waals surface area (Å²) in [5.74, 6) is -3.28. The van der Waals surface area contributed by atoms with Gasteiger partial charge in [0, 0.05) is 17.0 Å². The van der Waals surface area contributed by atoms with Crippen molar-refractivity contribution in [1.29, 1.82) is 0 Å². The maximum absolute atomic E-state index is 15.7. The van der Waals surface area contributed by atoms with Crippen LogP contribution in [0, 0.1) is 17.0 Å². The summed E-state index contributed by atoms with van der Waals surface area (Å²) in [6.45, 7) is 0.180. The maximum Gasteiger partial charge on any atom is 0.263 e. The second-order valence-corrected chi connectivity index (χ2v) is 8.94. The molecule has 2 bridgehead atoms. The third kappa shape index (κ3) is 1.80. The van der Waals surface area contributed by atoms with Crippen LogP contribution in [0.5, 0.6) is 11.5 Å². The highest BCUT2D eigenvalue weighted by Gasteiger charge is 2.83. The van der Waals surface area contributed by atoms with E-state index in [0.29, 0.717) is 36.8 Å². The molecule has 7 rings (SSSR count). The van der Waals surface area contributed by atoms with Gasteiger partial charge in [0.15, 0.2) is 11.5 Å². The number of rotatable bonds is 4. The summed E-state index contributed by atoms with van der Waals surface area (Å²) in [6, 6.07) is 8.65. The highest BCUT2D eigenvalue weighted by molar-refractivity contribution is 5.51. The number of ether oxygens (including phenoxy) is 2. The number of alkyl halides is 2. The van der Waals surface area contributed by atoms with Crippen LogP contribution < -0.4 is 9.47 Å². The fourth-order valence-corrected chi connectivity index (χ4v) is 5.92. The topological polar surface area (TPSA) is 18.5 Å². The van der Waals surface area contributed by atoms with Gasteiger partial charge in [-0.2, -0.15) is 0 Å². The molecule has 146 valence electrons. The lowest BCUT2D eigenvalue weighted by atomic mass is 9.30. The summed E-state index contributed by atoms with van der Waals surface area (Å²) in [4.78, 5) is 0. The molecule has 0 radical (unpaired) electrons. The van der Waals surface area contributed by atoms with Gasteiger partial charge in [-0.15, -0.1) is 0 Å². The van der Waals surface area contributed by atoms with Crippen molar-refractivity contribution < 1.29 is 27.0 Å². The van der Waals surface area contributed by atoms with Crippen LogP contribution in [-0.4, -0.2) is 12.7 Å². The van der Waals surface area contributed by atoms with Crippen LogP contribution in [0.25, 0.3) is 0 Å². The Morgan fingerprint density at radius 1 is 0.857 bits per heavy atom. The van der Waals surface area contributed by atoms with Crippen LogP contribution in [0.15, 0.2) is 36.4 Å². The van der Waals surface area contributed by atoms with Crippen LogP contribution in [0.2, 0.25) is 0 Å². The Morgan fingerprint density at radius 2 is 1.57 bits per heavy atom. The molecule has 0 N–H and O–H groups in total. The van der Waals surface area contributed by atoms with E-state index in [9.17, 15) is 8.78 Å². The van der Waals surface area contributed by atoms with Gasteiger partial charge in [-0.3, -0.25) is 0 Å². The third-order valence-corrected chi connectivity index (χ3v) is 7.48. The van der Waals surface area contributed by atoms with Gasteiger partial charge < -0.3 is 9.47 Å². The predicted octanol–water partition coefficient (Wildman–Crippen LogP) is 5.48. The normalized spacial score (nSPS) is 31.1. The zero-order valence-corrected chi connectivity index (χ0v) is 15.0. The van der Waals surface area contributed by atoms with Crippen LogP contribution in [0.1, 0.15) is 43.2 Å². The molecule has 0 spiro atoms. The van der Waals surface area contributed by atoms with E-state index in [-0.39, 0.29) is 30.6 Å². The van der Waals surface area contributed by atoms with Gasteiger partial charge in [0.2, 0.25) is 6.79 Å². The van der Waals surface area contributed by atoms with Crippen LogP contribution >= 0.6 is 0 Å². The molecule has 0 aromatic heterocycles. The van der Waals surface area contributed by atoms with Crippen molar-refractivity contribution in [2.24, 2.45) is 5.41 Å². The number of fused-ring (bicyclic) bond motifs is 1. The standard InChI is InChI=1S/C22H18F4O2/c23-14-2-3-15(16(24)8-14)21(5-6-21)22(25,26)20-9-19(10-20,11-20)13-1-4-17-18(7-13)28-12-27-17/h1-4,7-8H,5-6,9-12H2. The molecule has 4 saturated carbocycles. The predicted molar refractivity (Wildman–Crippen MR) is 92.7 cm³/mol. The van der Waals surface area contributed by atoms with Gasteiger partial charge in [0.25, 0.3) is 5.92 Å². The van der Waals surface area contributed by atoms with Crippen LogP contribution in [0.4, 0.5) is 17.6 Å². The van der Waals surface area contributed by atoms with E-state index >= 15 is 8.78 Å². The summed E-state index contributed by atoms with van der Waals surface area (Å²) >= 11 is 0. The number of hydrogen-bond acceptors (Lipinski definition) is 2. The van der Waals surface area contributed by atoms with E-state index < -0.39 is 28.4 Å². The highest BCUT2D eigenvalue weighted by atomic mass is 19.3. The van der Waals surface area contributed by atoms with E-state index in [4.69, 9.17) is 9.47 Å². The van der Waals surface area contributed by atoms with E-state index in [2.05, 4.69) is 0 Å². The maximum atomic E-state index is 15.7. The summed E-state index contributed by atoms with van der Waals surface area (Å²) in [7, 11) is 0. The minimum atomic E-state index is -3.02. The van der Waals surface area contributed by atoms with Crippen LogP contribution in [0.3, 0.4) is 0 Å². The fraction of sp³-hybridized carbons (Fsp3) is 0.455. The minimum absolute atomic E-state index is 0.0410. The molecular weight excluding hydrogens is 372 g/mol. The molecule has 0 unspecified atom stereocenters. The van der Waals surface area contributed by atoms with Gasteiger partial charge in [-0.25, -0.2) is 17.6 Å². The molecule has 2 nitrogen and oxygen atoms in total. The largest absolute Gasteiger partial charge is 0.454 e. The molecule has 0 amide bonds. The lowest BCUT2D eigenvalue weighted by molar-refractivity contribution is -0.295. The third-order valence-electron chi connectivity index (χ3n) is 7.48. The summed E-state index contributed by atoms with van der Waals surface area (Å²) < 4.78 is 69.7. The average Bonchev–Trinajstić information content (AvgIpc) is 3.24. The molecule has 2 aromatic rings. The second-order valence-electron chi connectivity index (χ2n) is 8.94. The van der Waals surface area contributed by atoms with Crippen molar-refractivity contribution in [3.8, 4) is 11.5 Å². The highest BCUT2D eigenvalue weighted by Crippen LogP contribution is 2.83. The van der Waals surface area contributed by atoms with Gasteiger partial charge in [0.1, 0.15) is 11.6 Å². The Kier molecular flexibility index (Phi) is 2.88. The molecule has 1 aliphatic heterocycles. The molecule has 4 aliphatic carbocycles. The van der Waals surface area contributed by atoms with Crippen molar-refractivity contribution in [2.75, 3.05) is 6.79 Å². The first-order valence-electron chi connectivity index (χ1n) is 9.55. The summed E-state index contributed by atoms with van der Waals surface area (Å²) in [5.41, 5.74) is -1.87. The quantitative estimate of drug-likeness (QED) is 0.644. The minimum Gasteiger partial charge on any atom is -0.454 e. The first-order valence-corrected chi connectivity index (χ1v) is 9.55. The molecule has 28 heavy (non-hydrogen) atoms. The first kappa shape index (κ1) is 16.7. The van der Waals surface area contributed by atoms with E-state index in [1.165, 1.54) is 6.07 Å². The van der Waals surface area contributed by atoms with Gasteiger partial charge in [-0.05, 0) is 61.3 Å². The average molecular weight is 390 g/mol. The molecule has 0 saturated heterocycles. The van der Waals surface area contributed by atoms with Crippen molar-refractivity contribution in [3.63, 3.8) is 0 Å². The SMILES string of the molecule is Fc1ccc(C2(C(F)(F)C34CC(c5ccc6c(c5)OCO6)(C3)C4)CC2)c(F)c1. The molecule has 5 aliphatic rings. The Morgan fingerprint density at radius 3 is 2.25 bits per heavy atom. The Bertz CT molecular complexity index is 992. The smallest absolute Gasteiger partial charge is 0.263 e. The van der Waals surface area contributed by atoms with Gasteiger partial charge >= 0.3 is 0 Å². The number of hydrogen-bond donors (Lipinski definition) is 0. The monoisotopic (exact) mass is 390 g/mol. The fourth-order valence-electron chi connectivity index (χ4n) is 5.92. The molecule has 0 atom stereocenters. The summed E-state index contributed by atoms with van der Waals surface area (Å²) in [5, 5.41) is 0. The Balaban J connectivity index is 1.29. The van der Waals surface area contributed by atoms with E-state index in [1.54, 1.807) is 0 Å².